The molecule has 5 rings (SSSR count). The lowest BCUT2D eigenvalue weighted by atomic mass is 10.1. The highest BCUT2D eigenvalue weighted by atomic mass is 16.5. The summed E-state index contributed by atoms with van der Waals surface area (Å²) in [5, 5.41) is 12.8. The summed E-state index contributed by atoms with van der Waals surface area (Å²) in [6, 6.07) is 20.5. The van der Waals surface area contributed by atoms with Crippen molar-refractivity contribution in [3.05, 3.63) is 78.2 Å². The summed E-state index contributed by atoms with van der Waals surface area (Å²) in [5.74, 6) is 1.82. The summed E-state index contributed by atoms with van der Waals surface area (Å²) < 4.78 is 16.4. The summed E-state index contributed by atoms with van der Waals surface area (Å²) in [4.78, 5) is 21.4. The zero-order chi connectivity index (χ0) is 24.2. The molecule has 0 saturated carbocycles. The molecule has 2 aromatic heterocycles. The first kappa shape index (κ1) is 22.1. The number of carbonyl (C=O) groups excluding carboxylic acids is 1. The maximum Gasteiger partial charge on any atom is 0.266 e. The van der Waals surface area contributed by atoms with Crippen molar-refractivity contribution >= 4 is 23.2 Å². The number of methoxy groups -OCH3 is 1. The molecule has 0 spiro atoms. The number of piperazine rings is 1. The number of furan rings is 1. The Kier molecular flexibility index (Phi) is 6.09. The van der Waals surface area contributed by atoms with Crippen LogP contribution in [0, 0.1) is 11.3 Å². The van der Waals surface area contributed by atoms with Gasteiger partial charge in [-0.25, -0.2) is 0 Å². The Bertz CT molecular complexity index is 1350. The molecule has 0 aliphatic carbocycles. The lowest BCUT2D eigenvalue weighted by Gasteiger charge is -2.34. The lowest BCUT2D eigenvalue weighted by Crippen LogP contribution is -2.49. The Morgan fingerprint density at radius 3 is 2.51 bits per heavy atom. The maximum atomic E-state index is 13.4. The number of ether oxygens (including phenoxy) is 1. The van der Waals surface area contributed by atoms with Gasteiger partial charge in [-0.05, 0) is 48.5 Å². The van der Waals surface area contributed by atoms with Gasteiger partial charge in [0.2, 0.25) is 11.6 Å². The predicted octanol–water partition coefficient (Wildman–Crippen LogP) is 4.52. The van der Waals surface area contributed by atoms with Gasteiger partial charge in [0, 0.05) is 31.9 Å². The average molecular weight is 470 g/mol. The Labute approximate surface area is 202 Å². The van der Waals surface area contributed by atoms with Gasteiger partial charge in [-0.3, -0.25) is 4.79 Å². The third-order valence-corrected chi connectivity index (χ3v) is 5.83. The molecule has 2 aromatic carbocycles. The molecular weight excluding hydrogens is 446 g/mol. The van der Waals surface area contributed by atoms with Crippen LogP contribution < -0.4 is 15.0 Å². The number of para-hydroxylation sites is 1. The molecule has 9 heteroatoms. The van der Waals surface area contributed by atoms with Crippen molar-refractivity contribution < 1.29 is 18.4 Å². The van der Waals surface area contributed by atoms with Crippen molar-refractivity contribution in [1.29, 1.82) is 5.26 Å². The Morgan fingerprint density at radius 1 is 1.06 bits per heavy atom. The molecule has 4 aromatic rings. The Balaban J connectivity index is 1.28. The minimum atomic E-state index is -0.0596. The second-order valence-electron chi connectivity index (χ2n) is 7.94. The first-order valence-electron chi connectivity index (χ1n) is 11.2. The number of hydrogen-bond acceptors (Lipinski definition) is 8. The zero-order valence-corrected chi connectivity index (χ0v) is 19.1. The largest absolute Gasteiger partial charge is 0.497 e. The number of nitriles is 1. The van der Waals surface area contributed by atoms with Crippen LogP contribution in [0.15, 0.2) is 75.8 Å². The molecule has 1 amide bonds. The SMILES string of the molecule is COc1ccc(Nc2ccccc2C(=O)N2CCN(c3oc(-c4ccco4)nc3C#N)CC2)cc1. The summed E-state index contributed by atoms with van der Waals surface area (Å²) in [6.07, 6.45) is 1.52. The third-order valence-electron chi connectivity index (χ3n) is 5.83. The van der Waals surface area contributed by atoms with E-state index in [0.29, 0.717) is 43.4 Å². The van der Waals surface area contributed by atoms with Crippen LogP contribution >= 0.6 is 0 Å². The number of anilines is 3. The van der Waals surface area contributed by atoms with Crippen LogP contribution in [-0.4, -0.2) is 49.1 Å². The number of carbonyl (C=O) groups is 1. The highest BCUT2D eigenvalue weighted by Crippen LogP contribution is 2.30. The van der Waals surface area contributed by atoms with Crippen molar-refractivity contribution in [2.75, 3.05) is 43.5 Å². The highest BCUT2D eigenvalue weighted by Gasteiger charge is 2.28. The molecule has 0 atom stereocenters. The fraction of sp³-hybridized carbons (Fsp3) is 0.192. The van der Waals surface area contributed by atoms with Crippen LogP contribution in [0.1, 0.15) is 16.1 Å². The molecule has 176 valence electrons. The van der Waals surface area contributed by atoms with Gasteiger partial charge >= 0.3 is 0 Å². The van der Waals surface area contributed by atoms with Crippen LogP contribution in [0.3, 0.4) is 0 Å². The number of nitrogens with zero attached hydrogens (tertiary/aromatic N) is 4. The molecule has 1 aliphatic rings. The molecule has 1 saturated heterocycles. The first-order chi connectivity index (χ1) is 17.2. The standard InChI is InChI=1S/C26H23N5O4/c1-33-19-10-8-18(9-11-19)28-21-6-3-2-5-20(21)25(32)30-12-14-31(15-13-30)26-22(17-27)29-24(35-26)23-7-4-16-34-23/h2-11,16,28H,12-15H2,1H3. The number of aromatic nitrogens is 1. The Morgan fingerprint density at radius 2 is 1.83 bits per heavy atom. The zero-order valence-electron chi connectivity index (χ0n) is 19.1. The minimum absolute atomic E-state index is 0.0596. The molecule has 1 N–H and O–H groups in total. The second kappa shape index (κ2) is 9.65. The van der Waals surface area contributed by atoms with Crippen LogP contribution in [-0.2, 0) is 0 Å². The number of amides is 1. The van der Waals surface area contributed by atoms with E-state index in [4.69, 9.17) is 13.6 Å². The summed E-state index contributed by atoms with van der Waals surface area (Å²) in [6.45, 7) is 2.00. The lowest BCUT2D eigenvalue weighted by molar-refractivity contribution is 0.0746. The van der Waals surface area contributed by atoms with E-state index in [1.807, 2.05) is 53.4 Å². The van der Waals surface area contributed by atoms with E-state index in [-0.39, 0.29) is 17.5 Å². The van der Waals surface area contributed by atoms with E-state index in [2.05, 4.69) is 16.4 Å². The van der Waals surface area contributed by atoms with Gasteiger partial charge in [-0.15, -0.1) is 0 Å². The van der Waals surface area contributed by atoms with Crippen molar-refractivity contribution in [1.82, 2.24) is 9.88 Å². The normalized spacial score (nSPS) is 13.4. The second-order valence-corrected chi connectivity index (χ2v) is 7.94. The Hall–Kier alpha value is -4.71. The fourth-order valence-corrected chi connectivity index (χ4v) is 4.00. The van der Waals surface area contributed by atoms with Crippen LogP contribution in [0.2, 0.25) is 0 Å². The average Bonchev–Trinajstić information content (AvgIpc) is 3.59. The molecule has 9 nitrogen and oxygen atoms in total. The van der Waals surface area contributed by atoms with Crippen LogP contribution in [0.25, 0.3) is 11.7 Å². The molecule has 1 aliphatic heterocycles. The van der Waals surface area contributed by atoms with Gasteiger partial charge in [0.25, 0.3) is 11.8 Å². The molecule has 35 heavy (non-hydrogen) atoms. The molecular formula is C26H23N5O4. The van der Waals surface area contributed by atoms with E-state index >= 15 is 0 Å². The number of nitrogens with one attached hydrogen (secondary N) is 1. The summed E-state index contributed by atoms with van der Waals surface area (Å²) >= 11 is 0. The van der Waals surface area contributed by atoms with Crippen molar-refractivity contribution in [3.8, 4) is 23.5 Å². The highest BCUT2D eigenvalue weighted by molar-refractivity contribution is 6.00. The van der Waals surface area contributed by atoms with Gasteiger partial charge in [0.1, 0.15) is 11.8 Å². The molecule has 0 radical (unpaired) electrons. The minimum Gasteiger partial charge on any atom is -0.497 e. The van der Waals surface area contributed by atoms with Crippen molar-refractivity contribution in [2.24, 2.45) is 0 Å². The van der Waals surface area contributed by atoms with Gasteiger partial charge in [0.15, 0.2) is 5.76 Å². The van der Waals surface area contributed by atoms with Gasteiger partial charge in [-0.2, -0.15) is 10.2 Å². The maximum absolute atomic E-state index is 13.4. The van der Waals surface area contributed by atoms with Gasteiger partial charge < -0.3 is 28.7 Å². The monoisotopic (exact) mass is 469 g/mol. The number of oxazole rings is 1. The van der Waals surface area contributed by atoms with Gasteiger partial charge in [-0.1, -0.05) is 12.1 Å². The van der Waals surface area contributed by atoms with Crippen LogP contribution in [0.4, 0.5) is 17.3 Å². The molecule has 0 unspecified atom stereocenters. The third kappa shape index (κ3) is 4.54. The van der Waals surface area contributed by atoms with Crippen molar-refractivity contribution in [2.45, 2.75) is 0 Å². The molecule has 3 heterocycles. The summed E-state index contributed by atoms with van der Waals surface area (Å²) in [5.41, 5.74) is 2.38. The van der Waals surface area contributed by atoms with Crippen molar-refractivity contribution in [3.63, 3.8) is 0 Å². The number of benzene rings is 2. The van der Waals surface area contributed by atoms with E-state index < -0.39 is 0 Å². The summed E-state index contributed by atoms with van der Waals surface area (Å²) in [7, 11) is 1.62. The molecule has 0 bridgehead atoms. The fourth-order valence-electron chi connectivity index (χ4n) is 4.00. The van der Waals surface area contributed by atoms with Gasteiger partial charge in [0.05, 0.1) is 24.6 Å². The van der Waals surface area contributed by atoms with Crippen LogP contribution in [0.5, 0.6) is 5.75 Å². The van der Waals surface area contributed by atoms with E-state index in [1.54, 1.807) is 24.1 Å². The molecule has 1 fully saturated rings. The smallest absolute Gasteiger partial charge is 0.266 e. The quantitative estimate of drug-likeness (QED) is 0.439. The first-order valence-corrected chi connectivity index (χ1v) is 11.2. The predicted molar refractivity (Wildman–Crippen MR) is 130 cm³/mol. The number of rotatable bonds is 6. The van der Waals surface area contributed by atoms with E-state index in [1.165, 1.54) is 6.26 Å². The van der Waals surface area contributed by atoms with E-state index in [0.717, 1.165) is 17.1 Å². The van der Waals surface area contributed by atoms with E-state index in [9.17, 15) is 10.1 Å². The topological polar surface area (TPSA) is 108 Å². The number of hydrogen-bond donors (Lipinski definition) is 1.